The molecule has 202 valence electrons. The van der Waals surface area contributed by atoms with Crippen LogP contribution in [0.5, 0.6) is 0 Å². The van der Waals surface area contributed by atoms with E-state index in [-0.39, 0.29) is 25.7 Å². The third kappa shape index (κ3) is 24.0. The molecule has 0 saturated heterocycles. The van der Waals surface area contributed by atoms with Gasteiger partial charge in [0.1, 0.15) is 19.3 Å². The van der Waals surface area contributed by atoms with Gasteiger partial charge in [-0.15, -0.1) is 0 Å². The standard InChI is InChI=1S/C27H52O7/c1-3-4-5-6-7-8-9-10-11-12-13-14-17-24(29)18-15-16-19-25(30)20-27(32)34-22-26(31)21-33-23(2)28/h24-26,29-31H,3-22H2,1-2H3. The number of carbonyl (C=O) groups excluding carboxylic acids is 2. The van der Waals surface area contributed by atoms with Crippen molar-refractivity contribution >= 4 is 11.9 Å². The molecular formula is C27H52O7. The van der Waals surface area contributed by atoms with Crippen LogP contribution in [0.2, 0.25) is 0 Å². The normalized spacial score (nSPS) is 13.9. The number of esters is 2. The zero-order valence-corrected chi connectivity index (χ0v) is 21.8. The smallest absolute Gasteiger partial charge is 0.308 e. The van der Waals surface area contributed by atoms with Gasteiger partial charge in [-0.25, -0.2) is 0 Å². The van der Waals surface area contributed by atoms with Crippen LogP contribution >= 0.6 is 0 Å². The van der Waals surface area contributed by atoms with Crippen LogP contribution in [0.3, 0.4) is 0 Å². The Morgan fingerprint density at radius 1 is 0.588 bits per heavy atom. The van der Waals surface area contributed by atoms with E-state index in [0.717, 1.165) is 32.1 Å². The molecule has 0 fully saturated rings. The molecule has 0 heterocycles. The molecule has 0 spiro atoms. The van der Waals surface area contributed by atoms with E-state index in [4.69, 9.17) is 4.74 Å². The molecule has 3 atom stereocenters. The molecule has 0 saturated carbocycles. The van der Waals surface area contributed by atoms with E-state index in [9.17, 15) is 24.9 Å². The van der Waals surface area contributed by atoms with E-state index in [2.05, 4.69) is 11.7 Å². The van der Waals surface area contributed by atoms with Gasteiger partial charge in [0.15, 0.2) is 0 Å². The highest BCUT2D eigenvalue weighted by molar-refractivity contribution is 5.70. The first kappa shape index (κ1) is 32.8. The highest BCUT2D eigenvalue weighted by Crippen LogP contribution is 2.15. The average molecular weight is 489 g/mol. The number of ether oxygens (including phenoxy) is 2. The van der Waals surface area contributed by atoms with E-state index < -0.39 is 24.1 Å². The van der Waals surface area contributed by atoms with Crippen molar-refractivity contribution in [2.45, 2.75) is 148 Å². The number of aliphatic hydroxyl groups is 3. The van der Waals surface area contributed by atoms with Crippen LogP contribution in [-0.2, 0) is 19.1 Å². The lowest BCUT2D eigenvalue weighted by molar-refractivity contribution is -0.152. The second kappa shape index (κ2) is 23.6. The summed E-state index contributed by atoms with van der Waals surface area (Å²) in [6, 6.07) is 0. The fourth-order valence-corrected chi connectivity index (χ4v) is 3.93. The van der Waals surface area contributed by atoms with Crippen molar-refractivity contribution in [1.29, 1.82) is 0 Å². The summed E-state index contributed by atoms with van der Waals surface area (Å²) in [5.74, 6) is -1.11. The van der Waals surface area contributed by atoms with Gasteiger partial charge >= 0.3 is 11.9 Å². The van der Waals surface area contributed by atoms with Gasteiger partial charge < -0.3 is 24.8 Å². The number of hydrogen-bond acceptors (Lipinski definition) is 7. The molecule has 3 N–H and O–H groups in total. The number of unbranched alkanes of at least 4 members (excludes halogenated alkanes) is 12. The second-order valence-corrected chi connectivity index (χ2v) is 9.61. The Labute approximate surface area is 207 Å². The molecule has 0 aliphatic rings. The van der Waals surface area contributed by atoms with Crippen molar-refractivity contribution in [3.63, 3.8) is 0 Å². The summed E-state index contributed by atoms with van der Waals surface area (Å²) in [5.41, 5.74) is 0. The summed E-state index contributed by atoms with van der Waals surface area (Å²) in [7, 11) is 0. The Kier molecular flexibility index (Phi) is 22.7. The van der Waals surface area contributed by atoms with Crippen LogP contribution in [0.15, 0.2) is 0 Å². The summed E-state index contributed by atoms with van der Waals surface area (Å²) >= 11 is 0. The maximum Gasteiger partial charge on any atom is 0.308 e. The van der Waals surface area contributed by atoms with Crippen LogP contribution in [0.1, 0.15) is 129 Å². The summed E-state index contributed by atoms with van der Waals surface area (Å²) in [5, 5.41) is 29.6. The van der Waals surface area contributed by atoms with Crippen molar-refractivity contribution in [1.82, 2.24) is 0 Å². The molecular weight excluding hydrogens is 436 g/mol. The van der Waals surface area contributed by atoms with E-state index in [1.807, 2.05) is 0 Å². The predicted octanol–water partition coefficient (Wildman–Crippen LogP) is 5.22. The highest BCUT2D eigenvalue weighted by Gasteiger charge is 2.15. The summed E-state index contributed by atoms with van der Waals surface area (Å²) in [6.07, 6.45) is 17.0. The van der Waals surface area contributed by atoms with Gasteiger partial charge in [-0.1, -0.05) is 96.8 Å². The largest absolute Gasteiger partial charge is 0.463 e. The zero-order valence-electron chi connectivity index (χ0n) is 21.8. The van der Waals surface area contributed by atoms with E-state index in [1.54, 1.807) is 0 Å². The maximum atomic E-state index is 11.7. The Morgan fingerprint density at radius 3 is 1.50 bits per heavy atom. The van der Waals surface area contributed by atoms with Gasteiger partial charge in [0.05, 0.1) is 18.6 Å². The lowest BCUT2D eigenvalue weighted by Gasteiger charge is -2.14. The summed E-state index contributed by atoms with van der Waals surface area (Å²) in [4.78, 5) is 22.3. The maximum absolute atomic E-state index is 11.7. The average Bonchev–Trinajstić information content (AvgIpc) is 2.79. The van der Waals surface area contributed by atoms with Gasteiger partial charge in [0.25, 0.3) is 0 Å². The number of rotatable bonds is 24. The highest BCUT2D eigenvalue weighted by atomic mass is 16.6. The molecule has 0 aromatic carbocycles. The minimum absolute atomic E-state index is 0.137. The minimum atomic E-state index is -1.07. The molecule has 34 heavy (non-hydrogen) atoms. The Bertz CT molecular complexity index is 484. The first-order chi connectivity index (χ1) is 16.3. The molecule has 0 rings (SSSR count). The van der Waals surface area contributed by atoms with Crippen molar-refractivity contribution in [2.24, 2.45) is 0 Å². The van der Waals surface area contributed by atoms with Crippen LogP contribution in [0, 0.1) is 0 Å². The number of carbonyl (C=O) groups is 2. The van der Waals surface area contributed by atoms with Crippen LogP contribution in [0.4, 0.5) is 0 Å². The van der Waals surface area contributed by atoms with Gasteiger partial charge in [-0.2, -0.15) is 0 Å². The van der Waals surface area contributed by atoms with Gasteiger partial charge in [-0.3, -0.25) is 9.59 Å². The molecule has 0 amide bonds. The Balaban J connectivity index is 3.49. The topological polar surface area (TPSA) is 113 Å². The molecule has 0 aromatic heterocycles. The molecule has 7 heteroatoms. The molecule has 0 aliphatic heterocycles. The second-order valence-electron chi connectivity index (χ2n) is 9.61. The quantitative estimate of drug-likeness (QED) is 0.126. The first-order valence-corrected chi connectivity index (χ1v) is 13.7. The molecule has 0 aliphatic carbocycles. The van der Waals surface area contributed by atoms with Crippen LogP contribution in [0.25, 0.3) is 0 Å². The third-order valence-electron chi connectivity index (χ3n) is 6.03. The summed E-state index contributed by atoms with van der Waals surface area (Å²) in [6.45, 7) is 2.98. The Hall–Kier alpha value is -1.18. The molecule has 0 radical (unpaired) electrons. The van der Waals surface area contributed by atoms with Crippen LogP contribution < -0.4 is 0 Å². The number of aliphatic hydroxyl groups excluding tert-OH is 3. The lowest BCUT2D eigenvalue weighted by Crippen LogP contribution is -2.26. The zero-order chi connectivity index (χ0) is 25.4. The SMILES string of the molecule is CCCCCCCCCCCCCCC(O)CCCCC(O)CC(=O)OCC(O)COC(C)=O. The van der Waals surface area contributed by atoms with Gasteiger partial charge in [0, 0.05) is 6.92 Å². The number of hydrogen-bond donors (Lipinski definition) is 3. The third-order valence-corrected chi connectivity index (χ3v) is 6.03. The molecule has 0 bridgehead atoms. The van der Waals surface area contributed by atoms with Crippen molar-refractivity contribution in [3.8, 4) is 0 Å². The minimum Gasteiger partial charge on any atom is -0.463 e. The van der Waals surface area contributed by atoms with E-state index in [0.29, 0.717) is 6.42 Å². The Morgan fingerprint density at radius 2 is 1.00 bits per heavy atom. The monoisotopic (exact) mass is 488 g/mol. The predicted molar refractivity (Wildman–Crippen MR) is 134 cm³/mol. The van der Waals surface area contributed by atoms with Crippen molar-refractivity contribution in [3.05, 3.63) is 0 Å². The lowest BCUT2D eigenvalue weighted by atomic mass is 10.0. The van der Waals surface area contributed by atoms with Gasteiger partial charge in [-0.05, 0) is 19.3 Å². The molecule has 7 nitrogen and oxygen atoms in total. The fourth-order valence-electron chi connectivity index (χ4n) is 3.93. The van der Waals surface area contributed by atoms with Gasteiger partial charge in [0.2, 0.25) is 0 Å². The molecule has 0 aromatic rings. The van der Waals surface area contributed by atoms with Crippen molar-refractivity contribution < 1.29 is 34.4 Å². The van der Waals surface area contributed by atoms with E-state index >= 15 is 0 Å². The van der Waals surface area contributed by atoms with Crippen LogP contribution in [-0.4, -0.2) is 58.8 Å². The summed E-state index contributed by atoms with van der Waals surface area (Å²) < 4.78 is 9.50. The van der Waals surface area contributed by atoms with E-state index in [1.165, 1.54) is 77.6 Å². The fraction of sp³-hybridized carbons (Fsp3) is 0.926. The molecule has 3 unspecified atom stereocenters. The first-order valence-electron chi connectivity index (χ1n) is 13.7. The van der Waals surface area contributed by atoms with Crippen molar-refractivity contribution in [2.75, 3.05) is 13.2 Å².